The minimum Gasteiger partial charge on any atom is -0.370 e. The van der Waals surface area contributed by atoms with E-state index in [4.69, 9.17) is 0 Å². The molecule has 1 aliphatic heterocycles. The summed E-state index contributed by atoms with van der Waals surface area (Å²) in [6.45, 7) is 7.43. The smallest absolute Gasteiger partial charge is 0.129 e. The van der Waals surface area contributed by atoms with E-state index < -0.39 is 0 Å². The van der Waals surface area contributed by atoms with Gasteiger partial charge in [0.05, 0.1) is 0 Å². The van der Waals surface area contributed by atoms with Crippen LogP contribution in [0.2, 0.25) is 0 Å². The fourth-order valence-electron chi connectivity index (χ4n) is 2.27. The molecule has 0 aromatic carbocycles. The van der Waals surface area contributed by atoms with Crippen molar-refractivity contribution in [3.8, 4) is 0 Å². The van der Waals surface area contributed by atoms with Gasteiger partial charge in [-0.3, -0.25) is 0 Å². The number of aromatic nitrogens is 2. The SMILES string of the molecule is CCc1cc(NCCC2CCNC2)nc(C)n1. The zero-order valence-corrected chi connectivity index (χ0v) is 10.8. The molecule has 0 saturated carbocycles. The molecule has 2 rings (SSSR count). The van der Waals surface area contributed by atoms with Crippen LogP contribution < -0.4 is 10.6 Å². The van der Waals surface area contributed by atoms with Gasteiger partial charge < -0.3 is 10.6 Å². The van der Waals surface area contributed by atoms with Gasteiger partial charge in [-0.15, -0.1) is 0 Å². The number of hydrogen-bond donors (Lipinski definition) is 2. The van der Waals surface area contributed by atoms with Crippen LogP contribution in [0, 0.1) is 12.8 Å². The van der Waals surface area contributed by atoms with Crippen molar-refractivity contribution in [1.82, 2.24) is 15.3 Å². The molecule has 0 radical (unpaired) electrons. The zero-order chi connectivity index (χ0) is 12.1. The molecule has 4 heteroatoms. The lowest BCUT2D eigenvalue weighted by atomic mass is 10.1. The van der Waals surface area contributed by atoms with Gasteiger partial charge in [0, 0.05) is 18.3 Å². The van der Waals surface area contributed by atoms with Crippen molar-refractivity contribution in [1.29, 1.82) is 0 Å². The first-order valence-electron chi connectivity index (χ1n) is 6.57. The predicted molar refractivity (Wildman–Crippen MR) is 70.2 cm³/mol. The van der Waals surface area contributed by atoms with Gasteiger partial charge in [-0.1, -0.05) is 6.92 Å². The predicted octanol–water partition coefficient (Wildman–Crippen LogP) is 1.76. The molecule has 0 bridgehead atoms. The quantitative estimate of drug-likeness (QED) is 0.815. The van der Waals surface area contributed by atoms with E-state index in [2.05, 4.69) is 33.6 Å². The van der Waals surface area contributed by atoms with Crippen LogP contribution in [0.4, 0.5) is 5.82 Å². The highest BCUT2D eigenvalue weighted by Gasteiger charge is 2.13. The second-order valence-electron chi connectivity index (χ2n) is 4.72. The summed E-state index contributed by atoms with van der Waals surface area (Å²) in [5.74, 6) is 2.66. The van der Waals surface area contributed by atoms with Crippen LogP contribution in [0.15, 0.2) is 6.07 Å². The molecule has 2 heterocycles. The Morgan fingerprint density at radius 1 is 1.47 bits per heavy atom. The van der Waals surface area contributed by atoms with Crippen molar-refractivity contribution >= 4 is 5.82 Å². The van der Waals surface area contributed by atoms with Crippen LogP contribution in [0.5, 0.6) is 0 Å². The van der Waals surface area contributed by atoms with Crippen LogP contribution in [0.25, 0.3) is 0 Å². The van der Waals surface area contributed by atoms with Crippen molar-refractivity contribution in [2.45, 2.75) is 33.1 Å². The van der Waals surface area contributed by atoms with Crippen molar-refractivity contribution < 1.29 is 0 Å². The van der Waals surface area contributed by atoms with E-state index in [9.17, 15) is 0 Å². The number of nitrogens with one attached hydrogen (secondary N) is 2. The van der Waals surface area contributed by atoms with E-state index in [0.29, 0.717) is 0 Å². The van der Waals surface area contributed by atoms with Crippen LogP contribution >= 0.6 is 0 Å². The van der Waals surface area contributed by atoms with Crippen molar-refractivity contribution in [3.05, 3.63) is 17.6 Å². The second-order valence-corrected chi connectivity index (χ2v) is 4.72. The van der Waals surface area contributed by atoms with E-state index in [1.54, 1.807) is 0 Å². The third kappa shape index (κ3) is 3.66. The third-order valence-corrected chi connectivity index (χ3v) is 3.27. The van der Waals surface area contributed by atoms with E-state index in [-0.39, 0.29) is 0 Å². The van der Waals surface area contributed by atoms with E-state index in [1.807, 2.05) is 6.92 Å². The molecule has 94 valence electrons. The molecule has 0 aliphatic carbocycles. The largest absolute Gasteiger partial charge is 0.370 e. The summed E-state index contributed by atoms with van der Waals surface area (Å²) in [6.07, 6.45) is 3.49. The molecule has 4 nitrogen and oxygen atoms in total. The summed E-state index contributed by atoms with van der Waals surface area (Å²) in [7, 11) is 0. The highest BCUT2D eigenvalue weighted by Crippen LogP contribution is 2.13. The van der Waals surface area contributed by atoms with Crippen LogP contribution in [-0.4, -0.2) is 29.6 Å². The average molecular weight is 234 g/mol. The molecule has 1 unspecified atom stereocenters. The van der Waals surface area contributed by atoms with Crippen molar-refractivity contribution in [3.63, 3.8) is 0 Å². The highest BCUT2D eigenvalue weighted by molar-refractivity contribution is 5.35. The van der Waals surface area contributed by atoms with Crippen molar-refractivity contribution in [2.75, 3.05) is 25.0 Å². The molecular weight excluding hydrogens is 212 g/mol. The summed E-state index contributed by atoms with van der Waals surface area (Å²) in [4.78, 5) is 8.78. The fourth-order valence-corrected chi connectivity index (χ4v) is 2.27. The summed E-state index contributed by atoms with van der Waals surface area (Å²) >= 11 is 0. The Hall–Kier alpha value is -1.16. The molecule has 1 saturated heterocycles. The Kier molecular flexibility index (Phi) is 4.31. The lowest BCUT2D eigenvalue weighted by Crippen LogP contribution is -2.13. The van der Waals surface area contributed by atoms with Crippen molar-refractivity contribution in [2.24, 2.45) is 5.92 Å². The topological polar surface area (TPSA) is 49.8 Å². The molecule has 1 aromatic rings. The van der Waals surface area contributed by atoms with Gasteiger partial charge in [-0.2, -0.15) is 0 Å². The molecule has 0 spiro atoms. The van der Waals surface area contributed by atoms with Gasteiger partial charge in [0.15, 0.2) is 0 Å². The standard InChI is InChI=1S/C13H22N4/c1-3-12-8-13(17-10(2)16-12)15-7-5-11-4-6-14-9-11/h8,11,14H,3-7,9H2,1-2H3,(H,15,16,17). The first-order chi connectivity index (χ1) is 8.28. The normalized spacial score (nSPS) is 19.5. The molecule has 1 aromatic heterocycles. The van der Waals surface area contributed by atoms with Crippen LogP contribution in [0.1, 0.15) is 31.3 Å². The van der Waals surface area contributed by atoms with Gasteiger partial charge >= 0.3 is 0 Å². The molecule has 0 amide bonds. The summed E-state index contributed by atoms with van der Waals surface area (Å²) < 4.78 is 0. The molecule has 17 heavy (non-hydrogen) atoms. The number of hydrogen-bond acceptors (Lipinski definition) is 4. The third-order valence-electron chi connectivity index (χ3n) is 3.27. The Morgan fingerprint density at radius 3 is 3.06 bits per heavy atom. The van der Waals surface area contributed by atoms with E-state index >= 15 is 0 Å². The van der Waals surface area contributed by atoms with Gasteiger partial charge in [-0.25, -0.2) is 9.97 Å². The first-order valence-corrected chi connectivity index (χ1v) is 6.57. The number of nitrogens with zero attached hydrogens (tertiary/aromatic N) is 2. The monoisotopic (exact) mass is 234 g/mol. The molecule has 2 N–H and O–H groups in total. The maximum Gasteiger partial charge on any atom is 0.129 e. The van der Waals surface area contributed by atoms with Gasteiger partial charge in [0.2, 0.25) is 0 Å². The minimum absolute atomic E-state index is 0.830. The van der Waals surface area contributed by atoms with Crippen LogP contribution in [-0.2, 0) is 6.42 Å². The fraction of sp³-hybridized carbons (Fsp3) is 0.692. The van der Waals surface area contributed by atoms with Gasteiger partial charge in [-0.05, 0) is 45.2 Å². The Bertz CT molecular complexity index is 358. The van der Waals surface area contributed by atoms with E-state index in [0.717, 1.165) is 36.2 Å². The van der Waals surface area contributed by atoms with E-state index in [1.165, 1.54) is 25.9 Å². The maximum absolute atomic E-state index is 4.41. The van der Waals surface area contributed by atoms with Gasteiger partial charge in [0.1, 0.15) is 11.6 Å². The molecular formula is C13H22N4. The summed E-state index contributed by atoms with van der Waals surface area (Å²) in [6, 6.07) is 2.06. The minimum atomic E-state index is 0.830. The summed E-state index contributed by atoms with van der Waals surface area (Å²) in [5.41, 5.74) is 1.11. The molecule has 1 fully saturated rings. The number of anilines is 1. The maximum atomic E-state index is 4.41. The Labute approximate surface area is 103 Å². The zero-order valence-electron chi connectivity index (χ0n) is 10.8. The molecule has 1 aliphatic rings. The van der Waals surface area contributed by atoms with Gasteiger partial charge in [0.25, 0.3) is 0 Å². The highest BCUT2D eigenvalue weighted by atomic mass is 15.0. The van der Waals surface area contributed by atoms with Crippen LogP contribution in [0.3, 0.4) is 0 Å². The molecule has 1 atom stereocenters. The second kappa shape index (κ2) is 5.96. The number of aryl methyl sites for hydroxylation is 2. The Morgan fingerprint density at radius 2 is 2.35 bits per heavy atom. The lowest BCUT2D eigenvalue weighted by molar-refractivity contribution is 0.549. The first kappa shape index (κ1) is 12.3. The summed E-state index contributed by atoms with van der Waals surface area (Å²) in [5, 5.41) is 6.80. The number of rotatable bonds is 5. The Balaban J connectivity index is 1.83. The average Bonchev–Trinajstić information content (AvgIpc) is 2.81. The lowest BCUT2D eigenvalue weighted by Gasteiger charge is -2.10.